The lowest BCUT2D eigenvalue weighted by atomic mass is 10.1. The summed E-state index contributed by atoms with van der Waals surface area (Å²) in [6.07, 6.45) is 0. The number of rotatable bonds is 4. The fourth-order valence-corrected chi connectivity index (χ4v) is 3.62. The average molecular weight is 345 g/mol. The van der Waals surface area contributed by atoms with Crippen LogP contribution in [-0.4, -0.2) is 14.3 Å². The van der Waals surface area contributed by atoms with E-state index in [0.717, 1.165) is 16.9 Å². The van der Waals surface area contributed by atoms with Crippen LogP contribution < -0.4 is 10.5 Å². The summed E-state index contributed by atoms with van der Waals surface area (Å²) in [4.78, 5) is 12.8. The van der Waals surface area contributed by atoms with E-state index in [-0.39, 0.29) is 16.7 Å². The second-order valence-corrected chi connectivity index (χ2v) is 7.72. The van der Waals surface area contributed by atoms with Crippen LogP contribution in [0, 0.1) is 6.92 Å². The maximum absolute atomic E-state index is 12.1. The van der Waals surface area contributed by atoms with Gasteiger partial charge in [0, 0.05) is 4.88 Å². The number of benzene rings is 1. The minimum absolute atomic E-state index is 0.0698. The first-order valence-corrected chi connectivity index (χ1v) is 8.68. The van der Waals surface area contributed by atoms with Crippen LogP contribution in [0.4, 0.5) is 0 Å². The van der Waals surface area contributed by atoms with Gasteiger partial charge in [-0.1, -0.05) is 23.7 Å². The van der Waals surface area contributed by atoms with Gasteiger partial charge < -0.3 is 5.32 Å². The van der Waals surface area contributed by atoms with Crippen LogP contribution in [0.25, 0.3) is 0 Å². The van der Waals surface area contributed by atoms with Gasteiger partial charge in [-0.15, -0.1) is 11.3 Å². The molecule has 112 valence electrons. The minimum atomic E-state index is -3.70. The summed E-state index contributed by atoms with van der Waals surface area (Å²) in [5.41, 5.74) is 1.21. The van der Waals surface area contributed by atoms with Crippen molar-refractivity contribution in [3.8, 4) is 0 Å². The van der Waals surface area contributed by atoms with E-state index in [1.807, 2.05) is 13.0 Å². The molecule has 1 aromatic carbocycles. The number of primary sulfonamides is 1. The van der Waals surface area contributed by atoms with Crippen LogP contribution in [-0.2, 0) is 16.6 Å². The average Bonchev–Trinajstić information content (AvgIpc) is 2.88. The van der Waals surface area contributed by atoms with Crippen LogP contribution >= 0.6 is 22.9 Å². The summed E-state index contributed by atoms with van der Waals surface area (Å²) in [6.45, 7) is 2.03. The molecule has 8 heteroatoms. The SMILES string of the molecule is Cc1cccc(C(=O)NCc2ccc(S(N)(=O)=O)s2)c1Cl. The summed E-state index contributed by atoms with van der Waals surface area (Å²) in [7, 11) is -3.70. The Morgan fingerprint density at radius 1 is 1.33 bits per heavy atom. The van der Waals surface area contributed by atoms with Crippen LogP contribution in [0.3, 0.4) is 0 Å². The zero-order valence-corrected chi connectivity index (χ0v) is 13.5. The number of halogens is 1. The quantitative estimate of drug-likeness (QED) is 0.891. The summed E-state index contributed by atoms with van der Waals surface area (Å²) < 4.78 is 22.4. The largest absolute Gasteiger partial charge is 0.347 e. The number of nitrogens with two attached hydrogens (primary N) is 1. The number of amides is 1. The van der Waals surface area contributed by atoms with E-state index in [4.69, 9.17) is 16.7 Å². The molecule has 5 nitrogen and oxygen atoms in total. The molecule has 0 spiro atoms. The molecule has 0 bridgehead atoms. The van der Waals surface area contributed by atoms with Crippen molar-refractivity contribution in [1.29, 1.82) is 0 Å². The first kappa shape index (κ1) is 16.0. The standard InChI is InChI=1S/C13H13ClN2O3S2/c1-8-3-2-4-10(12(8)14)13(17)16-7-9-5-6-11(20-9)21(15,18)19/h2-6H,7H2,1H3,(H,16,17)(H2,15,18,19). The van der Waals surface area contributed by atoms with Gasteiger partial charge >= 0.3 is 0 Å². The molecule has 0 atom stereocenters. The highest BCUT2D eigenvalue weighted by Crippen LogP contribution is 2.22. The fraction of sp³-hybridized carbons (Fsp3) is 0.154. The predicted octanol–water partition coefficient (Wildman–Crippen LogP) is 2.29. The molecule has 2 rings (SSSR count). The minimum Gasteiger partial charge on any atom is -0.347 e. The Kier molecular flexibility index (Phi) is 4.67. The van der Waals surface area contributed by atoms with E-state index < -0.39 is 10.0 Å². The molecule has 0 aliphatic rings. The molecule has 1 aromatic heterocycles. The molecule has 0 aliphatic carbocycles. The molecule has 0 saturated heterocycles. The van der Waals surface area contributed by atoms with Crippen LogP contribution in [0.15, 0.2) is 34.5 Å². The second-order valence-electron chi connectivity index (χ2n) is 4.38. The van der Waals surface area contributed by atoms with E-state index in [0.29, 0.717) is 15.5 Å². The van der Waals surface area contributed by atoms with Gasteiger partial charge in [-0.05, 0) is 30.7 Å². The number of thiophene rings is 1. The molecule has 0 unspecified atom stereocenters. The third-order valence-electron chi connectivity index (χ3n) is 2.78. The summed E-state index contributed by atoms with van der Waals surface area (Å²) in [6, 6.07) is 8.23. The van der Waals surface area contributed by atoms with Crippen molar-refractivity contribution in [2.75, 3.05) is 0 Å². The molecule has 0 radical (unpaired) electrons. The van der Waals surface area contributed by atoms with E-state index in [9.17, 15) is 13.2 Å². The van der Waals surface area contributed by atoms with Gasteiger partial charge in [0.1, 0.15) is 4.21 Å². The Morgan fingerprint density at radius 2 is 2.05 bits per heavy atom. The Balaban J connectivity index is 2.08. The number of carbonyl (C=O) groups is 1. The predicted molar refractivity (Wildman–Crippen MR) is 83.1 cm³/mol. The summed E-state index contributed by atoms with van der Waals surface area (Å²) in [5.74, 6) is -0.311. The van der Waals surface area contributed by atoms with Gasteiger partial charge in [0.05, 0.1) is 17.1 Å². The van der Waals surface area contributed by atoms with E-state index in [1.54, 1.807) is 18.2 Å². The zero-order valence-electron chi connectivity index (χ0n) is 11.1. The van der Waals surface area contributed by atoms with Gasteiger partial charge in [0.25, 0.3) is 5.91 Å². The fourth-order valence-electron chi connectivity index (χ4n) is 1.69. The molecule has 0 fully saturated rings. The topological polar surface area (TPSA) is 89.3 Å². The lowest BCUT2D eigenvalue weighted by Crippen LogP contribution is -2.22. The number of hydrogen-bond donors (Lipinski definition) is 2. The monoisotopic (exact) mass is 344 g/mol. The highest BCUT2D eigenvalue weighted by molar-refractivity contribution is 7.91. The summed E-state index contributed by atoms with van der Waals surface area (Å²) in [5, 5.41) is 8.14. The lowest BCUT2D eigenvalue weighted by Gasteiger charge is -2.07. The number of aryl methyl sites for hydroxylation is 1. The smallest absolute Gasteiger partial charge is 0.253 e. The van der Waals surface area contributed by atoms with Crippen molar-refractivity contribution >= 4 is 38.9 Å². The highest BCUT2D eigenvalue weighted by atomic mass is 35.5. The number of carbonyl (C=O) groups excluding carboxylic acids is 1. The molecule has 2 aromatic rings. The molecule has 1 heterocycles. The molecule has 0 saturated carbocycles. The maximum Gasteiger partial charge on any atom is 0.253 e. The van der Waals surface area contributed by atoms with Crippen molar-refractivity contribution in [2.45, 2.75) is 17.7 Å². The van der Waals surface area contributed by atoms with Crippen molar-refractivity contribution < 1.29 is 13.2 Å². The van der Waals surface area contributed by atoms with Crippen molar-refractivity contribution in [2.24, 2.45) is 5.14 Å². The molecular formula is C13H13ClN2O3S2. The molecule has 3 N–H and O–H groups in total. The van der Waals surface area contributed by atoms with Crippen molar-refractivity contribution in [3.05, 3.63) is 51.4 Å². The van der Waals surface area contributed by atoms with Crippen molar-refractivity contribution in [1.82, 2.24) is 5.32 Å². The van der Waals surface area contributed by atoms with Gasteiger partial charge in [0.15, 0.2) is 0 Å². The first-order valence-electron chi connectivity index (χ1n) is 5.94. The van der Waals surface area contributed by atoms with Gasteiger partial charge in [-0.2, -0.15) is 0 Å². The molecular weight excluding hydrogens is 332 g/mol. The van der Waals surface area contributed by atoms with Gasteiger partial charge in [0.2, 0.25) is 10.0 Å². The Hall–Kier alpha value is -1.41. The molecule has 0 aliphatic heterocycles. The Morgan fingerprint density at radius 3 is 2.67 bits per heavy atom. The van der Waals surface area contributed by atoms with Crippen LogP contribution in [0.2, 0.25) is 5.02 Å². The van der Waals surface area contributed by atoms with Crippen molar-refractivity contribution in [3.63, 3.8) is 0 Å². The number of hydrogen-bond acceptors (Lipinski definition) is 4. The highest BCUT2D eigenvalue weighted by Gasteiger charge is 2.14. The first-order chi connectivity index (χ1) is 9.79. The normalized spacial score (nSPS) is 11.4. The van der Waals surface area contributed by atoms with Gasteiger partial charge in [-0.3, -0.25) is 4.79 Å². The zero-order chi connectivity index (χ0) is 15.6. The van der Waals surface area contributed by atoms with E-state index in [2.05, 4.69) is 5.32 Å². The molecule has 1 amide bonds. The lowest BCUT2D eigenvalue weighted by molar-refractivity contribution is 0.0951. The Bertz CT molecular complexity index is 784. The van der Waals surface area contributed by atoms with E-state index in [1.165, 1.54) is 6.07 Å². The number of sulfonamides is 1. The third kappa shape index (κ3) is 3.82. The maximum atomic E-state index is 12.1. The van der Waals surface area contributed by atoms with E-state index >= 15 is 0 Å². The third-order valence-corrected chi connectivity index (χ3v) is 5.80. The van der Waals surface area contributed by atoms with Crippen LogP contribution in [0.5, 0.6) is 0 Å². The Labute approximate surface area is 131 Å². The molecule has 21 heavy (non-hydrogen) atoms. The summed E-state index contributed by atoms with van der Waals surface area (Å²) >= 11 is 7.10. The number of nitrogens with one attached hydrogen (secondary N) is 1. The van der Waals surface area contributed by atoms with Gasteiger partial charge in [-0.25, -0.2) is 13.6 Å². The van der Waals surface area contributed by atoms with Crippen LogP contribution in [0.1, 0.15) is 20.8 Å². The second kappa shape index (κ2) is 6.15.